The first-order valence-electron chi connectivity index (χ1n) is 7.96. The minimum Gasteiger partial charge on any atom is -0.460 e. The van der Waals surface area contributed by atoms with Crippen LogP contribution in [-0.2, 0) is 14.3 Å². The molecule has 25 heavy (non-hydrogen) atoms. The van der Waals surface area contributed by atoms with Crippen LogP contribution in [0.5, 0.6) is 0 Å². The molecule has 5 nitrogen and oxygen atoms in total. The molecule has 1 unspecified atom stereocenters. The molecule has 0 saturated heterocycles. The van der Waals surface area contributed by atoms with Gasteiger partial charge in [0.05, 0.1) is 41.5 Å². The van der Waals surface area contributed by atoms with Crippen molar-refractivity contribution < 1.29 is 14.3 Å². The maximum Gasteiger partial charge on any atom is 0.337 e. The van der Waals surface area contributed by atoms with Crippen molar-refractivity contribution in [2.75, 3.05) is 13.7 Å². The summed E-state index contributed by atoms with van der Waals surface area (Å²) in [6.07, 6.45) is -0.284. The second-order valence-electron chi connectivity index (χ2n) is 6.01. The van der Waals surface area contributed by atoms with E-state index in [4.69, 9.17) is 21.1 Å². The molecule has 1 aromatic rings. The molecule has 132 valence electrons. The second kappa shape index (κ2) is 8.19. The van der Waals surface area contributed by atoms with E-state index in [0.717, 1.165) is 0 Å². The Balaban J connectivity index is 2.68. The van der Waals surface area contributed by atoms with E-state index >= 15 is 0 Å². The second-order valence-corrected chi connectivity index (χ2v) is 6.42. The summed E-state index contributed by atoms with van der Waals surface area (Å²) in [5.41, 5.74) is 2.72. The van der Waals surface area contributed by atoms with Crippen LogP contribution in [0, 0.1) is 11.3 Å². The molecule has 1 aromatic carbocycles. The van der Waals surface area contributed by atoms with Gasteiger partial charge < -0.3 is 14.8 Å². The van der Waals surface area contributed by atoms with Crippen molar-refractivity contribution in [1.29, 1.82) is 5.26 Å². The van der Waals surface area contributed by atoms with E-state index < -0.39 is 11.9 Å². The van der Waals surface area contributed by atoms with Gasteiger partial charge in [0.15, 0.2) is 0 Å². The van der Waals surface area contributed by atoms with Gasteiger partial charge in [-0.05, 0) is 32.4 Å². The summed E-state index contributed by atoms with van der Waals surface area (Å²) in [4.78, 5) is 12.8. The number of carbonyl (C=O) groups excluding carboxylic acids is 1. The molecular formula is C19H21ClN2O3. The molecule has 6 heteroatoms. The SMILES string of the molecule is COCC1=C(C(=O)OC(C)C)C(c2ccccc2Cl)C(C#N)=C(C)N1. The lowest BCUT2D eigenvalue weighted by molar-refractivity contribution is -0.143. The van der Waals surface area contributed by atoms with Crippen LogP contribution >= 0.6 is 11.6 Å². The molecule has 2 rings (SSSR count). The van der Waals surface area contributed by atoms with Crippen LogP contribution in [0.25, 0.3) is 0 Å². The molecule has 0 aliphatic carbocycles. The first-order chi connectivity index (χ1) is 11.9. The van der Waals surface area contributed by atoms with Crippen LogP contribution in [0.4, 0.5) is 0 Å². The zero-order chi connectivity index (χ0) is 18.6. The number of carbonyl (C=O) groups is 1. The average molecular weight is 361 g/mol. The average Bonchev–Trinajstić information content (AvgIpc) is 2.54. The van der Waals surface area contributed by atoms with Gasteiger partial charge >= 0.3 is 5.97 Å². The molecule has 0 spiro atoms. The lowest BCUT2D eigenvalue weighted by atomic mass is 9.81. The number of dihydropyridines is 1. The molecule has 0 aromatic heterocycles. The summed E-state index contributed by atoms with van der Waals surface area (Å²) in [7, 11) is 1.55. The number of hydrogen-bond donors (Lipinski definition) is 1. The van der Waals surface area contributed by atoms with Gasteiger partial charge in [0.25, 0.3) is 0 Å². The molecule has 1 N–H and O–H groups in total. The quantitative estimate of drug-likeness (QED) is 0.811. The Hall–Kier alpha value is -2.29. The number of methoxy groups -OCH3 is 1. The number of halogens is 1. The van der Waals surface area contributed by atoms with E-state index in [1.807, 2.05) is 12.1 Å². The number of allylic oxidation sites excluding steroid dienone is 2. The summed E-state index contributed by atoms with van der Waals surface area (Å²) < 4.78 is 10.7. The minimum atomic E-state index is -0.601. The summed E-state index contributed by atoms with van der Waals surface area (Å²) in [6.45, 7) is 5.55. The van der Waals surface area contributed by atoms with E-state index in [9.17, 15) is 10.1 Å². The highest BCUT2D eigenvalue weighted by Crippen LogP contribution is 2.41. The Morgan fingerprint density at radius 1 is 1.40 bits per heavy atom. The van der Waals surface area contributed by atoms with Gasteiger partial charge in [0.2, 0.25) is 0 Å². The third-order valence-corrected chi connectivity index (χ3v) is 4.18. The minimum absolute atomic E-state index is 0.194. The number of hydrogen-bond acceptors (Lipinski definition) is 5. The molecule has 0 amide bonds. The predicted octanol–water partition coefficient (Wildman–Crippen LogP) is 3.68. The van der Waals surface area contributed by atoms with Gasteiger partial charge in [-0.25, -0.2) is 4.79 Å². The maximum absolute atomic E-state index is 12.8. The van der Waals surface area contributed by atoms with Crippen LogP contribution in [0.3, 0.4) is 0 Å². The molecular weight excluding hydrogens is 340 g/mol. The summed E-state index contributed by atoms with van der Waals surface area (Å²) >= 11 is 6.37. The number of nitriles is 1. The molecule has 1 aliphatic heterocycles. The van der Waals surface area contributed by atoms with E-state index in [1.165, 1.54) is 0 Å². The third kappa shape index (κ3) is 4.04. The smallest absolute Gasteiger partial charge is 0.337 e. The number of ether oxygens (including phenoxy) is 2. The zero-order valence-electron chi connectivity index (χ0n) is 14.7. The van der Waals surface area contributed by atoms with Crippen molar-refractivity contribution >= 4 is 17.6 Å². The lowest BCUT2D eigenvalue weighted by Crippen LogP contribution is -2.32. The van der Waals surface area contributed by atoms with Crippen molar-refractivity contribution in [2.45, 2.75) is 32.8 Å². The van der Waals surface area contributed by atoms with Crippen LogP contribution in [0.1, 0.15) is 32.3 Å². The van der Waals surface area contributed by atoms with Crippen molar-refractivity contribution in [3.05, 3.63) is 57.4 Å². The summed E-state index contributed by atoms with van der Waals surface area (Å²) in [5.74, 6) is -1.09. The van der Waals surface area contributed by atoms with Crippen molar-refractivity contribution in [2.24, 2.45) is 0 Å². The monoisotopic (exact) mass is 360 g/mol. The van der Waals surface area contributed by atoms with Crippen molar-refractivity contribution in [3.8, 4) is 6.07 Å². The first kappa shape index (κ1) is 19.0. The molecule has 0 saturated carbocycles. The van der Waals surface area contributed by atoms with Crippen molar-refractivity contribution in [3.63, 3.8) is 0 Å². The van der Waals surface area contributed by atoms with Crippen LogP contribution < -0.4 is 5.32 Å². The Morgan fingerprint density at radius 3 is 2.64 bits per heavy atom. The van der Waals surface area contributed by atoms with Crippen LogP contribution in [-0.4, -0.2) is 25.8 Å². The van der Waals surface area contributed by atoms with Gasteiger partial charge in [-0.3, -0.25) is 0 Å². The maximum atomic E-state index is 12.8. The third-order valence-electron chi connectivity index (χ3n) is 3.83. The van der Waals surface area contributed by atoms with E-state index in [1.54, 1.807) is 40.0 Å². The van der Waals surface area contributed by atoms with Gasteiger partial charge in [-0.15, -0.1) is 0 Å². The van der Waals surface area contributed by atoms with E-state index in [2.05, 4.69) is 11.4 Å². The fraction of sp³-hybridized carbons (Fsp3) is 0.368. The lowest BCUT2D eigenvalue weighted by Gasteiger charge is -2.30. The standard InChI is InChI=1S/C19H21ClN2O3/c1-11(2)25-19(23)18-16(10-24-4)22-12(3)14(9-21)17(18)13-7-5-6-8-15(13)20/h5-8,11,17,22H,10H2,1-4H3. The fourth-order valence-corrected chi connectivity index (χ4v) is 3.09. The first-order valence-corrected chi connectivity index (χ1v) is 8.33. The summed E-state index contributed by atoms with van der Waals surface area (Å²) in [6, 6.07) is 9.40. The Labute approximate surface area is 152 Å². The Bertz CT molecular complexity index is 775. The Kier molecular flexibility index (Phi) is 6.24. The number of benzene rings is 1. The van der Waals surface area contributed by atoms with Crippen LogP contribution in [0.15, 0.2) is 46.8 Å². The summed E-state index contributed by atoms with van der Waals surface area (Å²) in [5, 5.41) is 13.3. The largest absolute Gasteiger partial charge is 0.460 e. The molecule has 0 fully saturated rings. The highest BCUT2D eigenvalue weighted by molar-refractivity contribution is 6.31. The number of rotatable bonds is 5. The van der Waals surface area contributed by atoms with Crippen LogP contribution in [0.2, 0.25) is 5.02 Å². The molecule has 0 bridgehead atoms. The Morgan fingerprint density at radius 2 is 2.08 bits per heavy atom. The zero-order valence-corrected chi connectivity index (χ0v) is 15.5. The number of nitrogens with zero attached hydrogens (tertiary/aromatic N) is 1. The highest BCUT2D eigenvalue weighted by atomic mass is 35.5. The van der Waals surface area contributed by atoms with E-state index in [0.29, 0.717) is 33.1 Å². The highest BCUT2D eigenvalue weighted by Gasteiger charge is 2.36. The van der Waals surface area contributed by atoms with Crippen molar-refractivity contribution in [1.82, 2.24) is 5.32 Å². The van der Waals surface area contributed by atoms with Gasteiger partial charge in [0, 0.05) is 17.8 Å². The van der Waals surface area contributed by atoms with Gasteiger partial charge in [-0.1, -0.05) is 29.8 Å². The normalized spacial score (nSPS) is 17.4. The predicted molar refractivity (Wildman–Crippen MR) is 95.8 cm³/mol. The van der Waals surface area contributed by atoms with Gasteiger partial charge in [0.1, 0.15) is 0 Å². The molecule has 0 radical (unpaired) electrons. The fourth-order valence-electron chi connectivity index (χ4n) is 2.84. The van der Waals surface area contributed by atoms with E-state index in [-0.39, 0.29) is 12.7 Å². The number of nitrogens with one attached hydrogen (secondary N) is 1. The molecule has 1 heterocycles. The molecule has 1 atom stereocenters. The molecule has 1 aliphatic rings. The topological polar surface area (TPSA) is 71.3 Å². The van der Waals surface area contributed by atoms with Gasteiger partial charge in [-0.2, -0.15) is 5.26 Å². The number of esters is 1.